The van der Waals surface area contributed by atoms with E-state index in [9.17, 15) is 4.79 Å². The summed E-state index contributed by atoms with van der Waals surface area (Å²) in [4.78, 5) is 15.1. The molecule has 1 aromatic carbocycles. The summed E-state index contributed by atoms with van der Waals surface area (Å²) < 4.78 is 10.9. The minimum Gasteiger partial charge on any atom is -0.491 e. The SMILES string of the molecule is Cc1cc(-c2nc(C)c(C(=O)O)o2)ccc1OC(C)C. The van der Waals surface area contributed by atoms with Gasteiger partial charge in [-0.15, -0.1) is 0 Å². The van der Waals surface area contributed by atoms with Gasteiger partial charge in [-0.05, 0) is 51.5 Å². The molecule has 0 amide bonds. The molecule has 2 rings (SSSR count). The molecule has 0 saturated heterocycles. The third kappa shape index (κ3) is 2.82. The standard InChI is InChI=1S/C15H17NO4/c1-8(2)19-12-6-5-11(7-9(12)3)14-16-10(4)13(20-14)15(17)18/h5-8H,1-4H3,(H,17,18). The monoisotopic (exact) mass is 275 g/mol. The molecule has 2 aromatic rings. The highest BCUT2D eigenvalue weighted by atomic mass is 16.5. The van der Waals surface area contributed by atoms with Gasteiger partial charge in [0.05, 0.1) is 11.8 Å². The van der Waals surface area contributed by atoms with Crippen molar-refractivity contribution < 1.29 is 19.1 Å². The lowest BCUT2D eigenvalue weighted by atomic mass is 10.1. The zero-order chi connectivity index (χ0) is 14.9. The molecule has 0 aliphatic carbocycles. The van der Waals surface area contributed by atoms with Crippen molar-refractivity contribution in [2.45, 2.75) is 33.8 Å². The van der Waals surface area contributed by atoms with Crippen LogP contribution in [0.5, 0.6) is 5.75 Å². The highest BCUT2D eigenvalue weighted by Crippen LogP contribution is 2.27. The number of aromatic nitrogens is 1. The lowest BCUT2D eigenvalue weighted by molar-refractivity contribution is 0.0662. The first kappa shape index (κ1) is 14.1. The van der Waals surface area contributed by atoms with E-state index in [2.05, 4.69) is 4.98 Å². The van der Waals surface area contributed by atoms with Crippen molar-refractivity contribution >= 4 is 5.97 Å². The van der Waals surface area contributed by atoms with Gasteiger partial charge in [0, 0.05) is 5.56 Å². The van der Waals surface area contributed by atoms with Crippen molar-refractivity contribution in [3.05, 3.63) is 35.2 Å². The number of carboxylic acid groups (broad SMARTS) is 1. The summed E-state index contributed by atoms with van der Waals surface area (Å²) in [5.74, 6) is -0.137. The van der Waals surface area contributed by atoms with Crippen LogP contribution in [0, 0.1) is 13.8 Å². The summed E-state index contributed by atoms with van der Waals surface area (Å²) in [6.45, 7) is 7.46. The van der Waals surface area contributed by atoms with Crippen LogP contribution in [-0.4, -0.2) is 22.2 Å². The maximum atomic E-state index is 11.0. The van der Waals surface area contributed by atoms with Gasteiger partial charge in [-0.1, -0.05) is 0 Å². The van der Waals surface area contributed by atoms with Crippen molar-refractivity contribution in [3.8, 4) is 17.2 Å². The zero-order valence-corrected chi connectivity index (χ0v) is 11.9. The second-order valence-electron chi connectivity index (χ2n) is 4.89. The first-order valence-corrected chi connectivity index (χ1v) is 6.37. The molecule has 0 aliphatic rings. The summed E-state index contributed by atoms with van der Waals surface area (Å²) in [5.41, 5.74) is 2.05. The van der Waals surface area contributed by atoms with Gasteiger partial charge in [-0.3, -0.25) is 0 Å². The Morgan fingerprint density at radius 3 is 2.55 bits per heavy atom. The Balaban J connectivity index is 2.36. The third-order valence-corrected chi connectivity index (χ3v) is 2.78. The van der Waals surface area contributed by atoms with Gasteiger partial charge in [0.2, 0.25) is 11.7 Å². The van der Waals surface area contributed by atoms with Gasteiger partial charge in [-0.25, -0.2) is 9.78 Å². The van der Waals surface area contributed by atoms with Crippen LogP contribution in [0.1, 0.15) is 35.7 Å². The maximum Gasteiger partial charge on any atom is 0.373 e. The number of benzene rings is 1. The molecule has 5 nitrogen and oxygen atoms in total. The molecule has 0 radical (unpaired) electrons. The number of aryl methyl sites for hydroxylation is 2. The summed E-state index contributed by atoms with van der Waals surface area (Å²) >= 11 is 0. The van der Waals surface area contributed by atoms with Crippen LogP contribution in [0.25, 0.3) is 11.5 Å². The molecule has 106 valence electrons. The van der Waals surface area contributed by atoms with Crippen molar-refractivity contribution in [3.63, 3.8) is 0 Å². The van der Waals surface area contributed by atoms with E-state index in [1.807, 2.05) is 39.0 Å². The van der Waals surface area contributed by atoms with E-state index in [0.29, 0.717) is 11.6 Å². The Morgan fingerprint density at radius 1 is 1.35 bits per heavy atom. The molecule has 0 bridgehead atoms. The van der Waals surface area contributed by atoms with E-state index < -0.39 is 5.97 Å². The first-order valence-electron chi connectivity index (χ1n) is 6.37. The quantitative estimate of drug-likeness (QED) is 0.925. The molecule has 0 atom stereocenters. The molecule has 0 spiro atoms. The average Bonchev–Trinajstić information content (AvgIpc) is 2.73. The van der Waals surface area contributed by atoms with Gasteiger partial charge in [0.15, 0.2) is 0 Å². The fourth-order valence-electron chi connectivity index (χ4n) is 1.89. The van der Waals surface area contributed by atoms with E-state index in [-0.39, 0.29) is 11.9 Å². The fraction of sp³-hybridized carbons (Fsp3) is 0.333. The number of ether oxygens (including phenoxy) is 1. The van der Waals surface area contributed by atoms with Crippen LogP contribution >= 0.6 is 0 Å². The second kappa shape index (κ2) is 5.36. The normalized spacial score (nSPS) is 10.8. The molecule has 0 aliphatic heterocycles. The molecule has 0 unspecified atom stereocenters. The average molecular weight is 275 g/mol. The summed E-state index contributed by atoms with van der Waals surface area (Å²) in [5, 5.41) is 8.97. The highest BCUT2D eigenvalue weighted by Gasteiger charge is 2.17. The molecule has 5 heteroatoms. The van der Waals surface area contributed by atoms with Crippen LogP contribution in [0.3, 0.4) is 0 Å². The lowest BCUT2D eigenvalue weighted by Crippen LogP contribution is -2.06. The highest BCUT2D eigenvalue weighted by molar-refractivity contribution is 5.86. The number of hydrogen-bond donors (Lipinski definition) is 1. The second-order valence-corrected chi connectivity index (χ2v) is 4.89. The van der Waals surface area contributed by atoms with Crippen molar-refractivity contribution in [2.75, 3.05) is 0 Å². The minimum atomic E-state index is -1.11. The predicted molar refractivity (Wildman–Crippen MR) is 74.1 cm³/mol. The van der Waals surface area contributed by atoms with Gasteiger partial charge in [0.25, 0.3) is 0 Å². The van der Waals surface area contributed by atoms with Crippen LogP contribution in [-0.2, 0) is 0 Å². The van der Waals surface area contributed by atoms with Crippen molar-refractivity contribution in [2.24, 2.45) is 0 Å². The van der Waals surface area contributed by atoms with Crippen LogP contribution < -0.4 is 4.74 Å². The smallest absolute Gasteiger partial charge is 0.373 e. The van der Waals surface area contributed by atoms with E-state index in [1.165, 1.54) is 0 Å². The summed E-state index contributed by atoms with van der Waals surface area (Å²) in [6, 6.07) is 5.51. The third-order valence-electron chi connectivity index (χ3n) is 2.78. The number of aromatic carboxylic acids is 1. The topological polar surface area (TPSA) is 72.6 Å². The van der Waals surface area contributed by atoms with Crippen LogP contribution in [0.15, 0.2) is 22.6 Å². The van der Waals surface area contributed by atoms with Gasteiger partial charge >= 0.3 is 5.97 Å². The summed E-state index contributed by atoms with van der Waals surface area (Å²) in [6.07, 6.45) is 0.0992. The van der Waals surface area contributed by atoms with Crippen LogP contribution in [0.4, 0.5) is 0 Å². The molecular formula is C15H17NO4. The van der Waals surface area contributed by atoms with Gasteiger partial charge in [-0.2, -0.15) is 0 Å². The van der Waals surface area contributed by atoms with Gasteiger partial charge in [0.1, 0.15) is 5.75 Å². The molecule has 0 fully saturated rings. The molecule has 0 saturated carbocycles. The Hall–Kier alpha value is -2.30. The maximum absolute atomic E-state index is 11.0. The Morgan fingerprint density at radius 2 is 2.05 bits per heavy atom. The number of rotatable bonds is 4. The summed E-state index contributed by atoms with van der Waals surface area (Å²) in [7, 11) is 0. The number of nitrogens with zero attached hydrogens (tertiary/aromatic N) is 1. The Labute approximate surface area is 117 Å². The first-order chi connectivity index (χ1) is 9.38. The Kier molecular flexibility index (Phi) is 3.79. The van der Waals surface area contributed by atoms with E-state index in [4.69, 9.17) is 14.3 Å². The lowest BCUT2D eigenvalue weighted by Gasteiger charge is -2.12. The minimum absolute atomic E-state index is 0.0992. The number of oxazole rings is 1. The van der Waals surface area contributed by atoms with Gasteiger partial charge < -0.3 is 14.3 Å². The fourth-order valence-corrected chi connectivity index (χ4v) is 1.89. The van der Waals surface area contributed by atoms with E-state index in [1.54, 1.807) is 6.92 Å². The molecule has 1 aromatic heterocycles. The predicted octanol–water partition coefficient (Wildman–Crippen LogP) is 3.44. The molecule has 1 N–H and O–H groups in total. The molecule has 1 heterocycles. The molecule has 20 heavy (non-hydrogen) atoms. The van der Waals surface area contributed by atoms with Crippen molar-refractivity contribution in [1.29, 1.82) is 0 Å². The van der Waals surface area contributed by atoms with E-state index >= 15 is 0 Å². The molecular weight excluding hydrogens is 258 g/mol. The van der Waals surface area contributed by atoms with E-state index in [0.717, 1.165) is 16.9 Å². The van der Waals surface area contributed by atoms with Crippen molar-refractivity contribution in [1.82, 2.24) is 4.98 Å². The Bertz CT molecular complexity index is 643. The number of carbonyl (C=O) groups is 1. The zero-order valence-electron chi connectivity index (χ0n) is 11.9. The number of hydrogen-bond acceptors (Lipinski definition) is 4. The van der Waals surface area contributed by atoms with Crippen LogP contribution in [0.2, 0.25) is 0 Å². The number of carboxylic acids is 1. The largest absolute Gasteiger partial charge is 0.491 e.